The number of aromatic amines is 1. The molecule has 1 aliphatic carbocycles. The van der Waals surface area contributed by atoms with E-state index in [4.69, 9.17) is 9.47 Å². The number of halogens is 1. The number of morpholine rings is 1. The van der Waals surface area contributed by atoms with Crippen LogP contribution in [0, 0.1) is 5.82 Å². The lowest BCUT2D eigenvalue weighted by molar-refractivity contribution is -0.0465. The summed E-state index contributed by atoms with van der Waals surface area (Å²) in [5, 5.41) is 4.89. The zero-order valence-electron chi connectivity index (χ0n) is 17.6. The zero-order chi connectivity index (χ0) is 20.9. The summed E-state index contributed by atoms with van der Waals surface area (Å²) in [6, 6.07) is 9.22. The van der Waals surface area contributed by atoms with Crippen molar-refractivity contribution in [3.05, 3.63) is 53.6 Å². The second-order valence-electron chi connectivity index (χ2n) is 8.98. The van der Waals surface area contributed by atoms with E-state index in [1.54, 1.807) is 0 Å². The van der Waals surface area contributed by atoms with Gasteiger partial charge < -0.3 is 19.8 Å². The van der Waals surface area contributed by atoms with Crippen molar-refractivity contribution in [2.45, 2.75) is 43.9 Å². The monoisotopic (exact) mass is 422 g/mol. The molecule has 6 nitrogen and oxygen atoms in total. The van der Waals surface area contributed by atoms with Crippen molar-refractivity contribution in [2.75, 3.05) is 31.6 Å². The van der Waals surface area contributed by atoms with Crippen LogP contribution in [0.25, 0.3) is 11.0 Å². The summed E-state index contributed by atoms with van der Waals surface area (Å²) in [5.41, 5.74) is 4.21. The van der Waals surface area contributed by atoms with Crippen molar-refractivity contribution in [2.24, 2.45) is 0 Å². The van der Waals surface area contributed by atoms with Crippen molar-refractivity contribution in [1.82, 2.24) is 14.9 Å². The summed E-state index contributed by atoms with van der Waals surface area (Å²) in [5.74, 6) is 0.978. The third-order valence-electron chi connectivity index (χ3n) is 6.73. The molecular formula is C24H27FN4O2. The summed E-state index contributed by atoms with van der Waals surface area (Å²) in [6.07, 6.45) is 4.51. The van der Waals surface area contributed by atoms with Gasteiger partial charge in [0.05, 0.1) is 24.8 Å². The number of nitrogens with zero attached hydrogens (tertiary/aromatic N) is 2. The minimum Gasteiger partial charge on any atom is -0.491 e. The fraction of sp³-hybridized carbons (Fsp3) is 0.458. The minimum atomic E-state index is -0.276. The molecule has 0 bridgehead atoms. The molecule has 2 fully saturated rings. The number of aromatic nitrogens is 2. The molecule has 6 rings (SSSR count). The molecular weight excluding hydrogens is 395 g/mol. The van der Waals surface area contributed by atoms with Crippen LogP contribution in [-0.4, -0.2) is 53.3 Å². The van der Waals surface area contributed by atoms with Crippen molar-refractivity contribution in [1.29, 1.82) is 0 Å². The van der Waals surface area contributed by atoms with Gasteiger partial charge in [0.1, 0.15) is 23.8 Å². The number of anilines is 1. The molecule has 0 amide bonds. The number of hydrogen-bond acceptors (Lipinski definition) is 5. The summed E-state index contributed by atoms with van der Waals surface area (Å²) in [7, 11) is 0. The first kappa shape index (κ1) is 19.1. The maximum absolute atomic E-state index is 13.9. The molecule has 3 unspecified atom stereocenters. The van der Waals surface area contributed by atoms with Gasteiger partial charge in [-0.05, 0) is 43.9 Å². The number of H-pyrrole nitrogens is 1. The Kier molecular flexibility index (Phi) is 4.61. The highest BCUT2D eigenvalue weighted by atomic mass is 19.1. The Bertz CT molecular complexity index is 1110. The van der Waals surface area contributed by atoms with Crippen molar-refractivity contribution in [3.8, 4) is 5.75 Å². The summed E-state index contributed by atoms with van der Waals surface area (Å²) in [4.78, 5) is 10.5. The van der Waals surface area contributed by atoms with Crippen LogP contribution in [0.4, 0.5) is 10.1 Å². The Balaban J connectivity index is 1.39. The van der Waals surface area contributed by atoms with Gasteiger partial charge in [0.2, 0.25) is 0 Å². The molecule has 1 saturated carbocycles. The van der Waals surface area contributed by atoms with E-state index in [1.165, 1.54) is 30.7 Å². The highest BCUT2D eigenvalue weighted by Crippen LogP contribution is 2.42. The Morgan fingerprint density at radius 1 is 1.23 bits per heavy atom. The molecule has 31 heavy (non-hydrogen) atoms. The van der Waals surface area contributed by atoms with Crippen LogP contribution < -0.4 is 10.1 Å². The minimum absolute atomic E-state index is 0.0282. The van der Waals surface area contributed by atoms with Crippen LogP contribution in [-0.2, 0) is 4.74 Å². The second-order valence-corrected chi connectivity index (χ2v) is 8.98. The van der Waals surface area contributed by atoms with Gasteiger partial charge in [0.15, 0.2) is 0 Å². The van der Waals surface area contributed by atoms with Gasteiger partial charge in [-0.3, -0.25) is 4.90 Å². The lowest BCUT2D eigenvalue weighted by Gasteiger charge is -2.44. The van der Waals surface area contributed by atoms with Gasteiger partial charge in [-0.25, -0.2) is 9.37 Å². The van der Waals surface area contributed by atoms with E-state index in [-0.39, 0.29) is 24.0 Å². The molecule has 162 valence electrons. The molecule has 2 aromatic heterocycles. The van der Waals surface area contributed by atoms with Crippen LogP contribution in [0.2, 0.25) is 0 Å². The summed E-state index contributed by atoms with van der Waals surface area (Å²) in [6.45, 7) is 5.03. The van der Waals surface area contributed by atoms with E-state index >= 15 is 0 Å². The molecule has 2 aliphatic heterocycles. The summed E-state index contributed by atoms with van der Waals surface area (Å²) >= 11 is 0. The molecule has 1 aromatic carbocycles. The number of rotatable bonds is 4. The first-order chi connectivity index (χ1) is 15.2. The van der Waals surface area contributed by atoms with E-state index in [9.17, 15) is 4.39 Å². The standard InChI is InChI=1S/C24H27FN4O2/c1-14-12-29(8-9-30-14)21-13-31-22-10-16(25)4-5-17(22)23(21)27-19-6-7-26-24-18(19)11-20(28-24)15-2-3-15/h4-7,10-11,14-15,21,23H,2-3,8-9,12-13H2,1H3,(H2,26,27,28). The van der Waals surface area contributed by atoms with Crippen molar-refractivity contribution < 1.29 is 13.9 Å². The van der Waals surface area contributed by atoms with Gasteiger partial charge in [-0.2, -0.15) is 0 Å². The van der Waals surface area contributed by atoms with Gasteiger partial charge in [0, 0.05) is 47.7 Å². The molecule has 3 aromatic rings. The molecule has 0 spiro atoms. The lowest BCUT2D eigenvalue weighted by Crippen LogP contribution is -2.54. The fourth-order valence-corrected chi connectivity index (χ4v) is 4.96. The molecule has 3 aliphatic rings. The normalized spacial score (nSPS) is 26.5. The lowest BCUT2D eigenvalue weighted by atomic mass is 9.93. The van der Waals surface area contributed by atoms with Gasteiger partial charge >= 0.3 is 0 Å². The average molecular weight is 423 g/mol. The highest BCUT2D eigenvalue weighted by molar-refractivity contribution is 5.90. The maximum Gasteiger partial charge on any atom is 0.139 e. The van der Waals surface area contributed by atoms with E-state index in [0.29, 0.717) is 24.9 Å². The molecule has 4 heterocycles. The van der Waals surface area contributed by atoms with E-state index < -0.39 is 0 Å². The number of fused-ring (bicyclic) bond motifs is 2. The average Bonchev–Trinajstić information content (AvgIpc) is 3.52. The number of hydrogen-bond donors (Lipinski definition) is 2. The van der Waals surface area contributed by atoms with Gasteiger partial charge in [-0.1, -0.05) is 6.07 Å². The van der Waals surface area contributed by atoms with E-state index in [2.05, 4.69) is 33.2 Å². The van der Waals surface area contributed by atoms with Crippen LogP contribution in [0.5, 0.6) is 5.75 Å². The third kappa shape index (κ3) is 3.55. The first-order valence-corrected chi connectivity index (χ1v) is 11.2. The number of pyridine rings is 1. The third-order valence-corrected chi connectivity index (χ3v) is 6.73. The fourth-order valence-electron chi connectivity index (χ4n) is 4.96. The van der Waals surface area contributed by atoms with Crippen molar-refractivity contribution >= 4 is 16.7 Å². The predicted molar refractivity (Wildman–Crippen MR) is 117 cm³/mol. The zero-order valence-corrected chi connectivity index (χ0v) is 17.6. The van der Waals surface area contributed by atoms with Crippen LogP contribution in [0.1, 0.15) is 43.0 Å². The number of ether oxygens (including phenoxy) is 2. The Morgan fingerprint density at radius 3 is 2.97 bits per heavy atom. The van der Waals surface area contributed by atoms with Gasteiger partial charge in [0.25, 0.3) is 0 Å². The molecule has 2 N–H and O–H groups in total. The Labute approximate surface area is 180 Å². The van der Waals surface area contributed by atoms with E-state index in [1.807, 2.05) is 18.3 Å². The smallest absolute Gasteiger partial charge is 0.139 e. The van der Waals surface area contributed by atoms with Crippen LogP contribution >= 0.6 is 0 Å². The second kappa shape index (κ2) is 7.50. The first-order valence-electron chi connectivity index (χ1n) is 11.2. The highest BCUT2D eigenvalue weighted by Gasteiger charge is 2.37. The van der Waals surface area contributed by atoms with E-state index in [0.717, 1.165) is 35.4 Å². The predicted octanol–water partition coefficient (Wildman–Crippen LogP) is 4.21. The topological polar surface area (TPSA) is 62.4 Å². The largest absolute Gasteiger partial charge is 0.491 e. The van der Waals surface area contributed by atoms with Crippen molar-refractivity contribution in [3.63, 3.8) is 0 Å². The van der Waals surface area contributed by atoms with Gasteiger partial charge in [-0.15, -0.1) is 0 Å². The number of nitrogens with one attached hydrogen (secondary N) is 2. The SMILES string of the molecule is CC1CN(C2COc3cc(F)ccc3C2Nc2ccnc3[nH]c(C4CC4)cc23)CCO1. The summed E-state index contributed by atoms with van der Waals surface area (Å²) < 4.78 is 25.7. The maximum atomic E-state index is 13.9. The number of benzene rings is 1. The van der Waals surface area contributed by atoms with Crippen LogP contribution in [0.3, 0.4) is 0 Å². The molecule has 7 heteroatoms. The molecule has 1 saturated heterocycles. The molecule has 0 radical (unpaired) electrons. The van der Waals surface area contributed by atoms with Crippen LogP contribution in [0.15, 0.2) is 36.5 Å². The molecule has 3 atom stereocenters. The Morgan fingerprint density at radius 2 is 2.13 bits per heavy atom. The quantitative estimate of drug-likeness (QED) is 0.659. The Hall–Kier alpha value is -2.64.